The summed E-state index contributed by atoms with van der Waals surface area (Å²) in [5.74, 6) is -0.326. The molecule has 0 fully saturated rings. The predicted molar refractivity (Wildman–Crippen MR) is 95.8 cm³/mol. The quantitative estimate of drug-likeness (QED) is 0.441. The highest BCUT2D eigenvalue weighted by atomic mass is 16.5. The number of ether oxygens (including phenoxy) is 1. The Kier molecular flexibility index (Phi) is 6.07. The molecule has 0 aliphatic rings. The van der Waals surface area contributed by atoms with Crippen molar-refractivity contribution in [1.82, 2.24) is 0 Å². The van der Waals surface area contributed by atoms with E-state index in [9.17, 15) is 9.59 Å². The Hall–Kier alpha value is -2.68. The van der Waals surface area contributed by atoms with Crippen molar-refractivity contribution in [3.05, 3.63) is 76.9 Å². The molecule has 0 aliphatic carbocycles. The van der Waals surface area contributed by atoms with Crippen molar-refractivity contribution in [2.75, 3.05) is 0 Å². The van der Waals surface area contributed by atoms with Gasteiger partial charge in [0.15, 0.2) is 5.78 Å². The van der Waals surface area contributed by atoms with Gasteiger partial charge in [-0.25, -0.2) is 4.79 Å². The van der Waals surface area contributed by atoms with Crippen LogP contribution < -0.4 is 0 Å². The molecule has 0 aromatic heterocycles. The van der Waals surface area contributed by atoms with Crippen molar-refractivity contribution in [1.29, 1.82) is 0 Å². The van der Waals surface area contributed by atoms with Crippen LogP contribution in [0, 0.1) is 0 Å². The molecular weight excluding hydrogens is 300 g/mol. The van der Waals surface area contributed by atoms with E-state index in [0.717, 1.165) is 12.0 Å². The zero-order chi connectivity index (χ0) is 17.5. The van der Waals surface area contributed by atoms with Crippen molar-refractivity contribution >= 4 is 17.8 Å². The lowest BCUT2D eigenvalue weighted by atomic mass is 10.0. The summed E-state index contributed by atoms with van der Waals surface area (Å²) in [7, 11) is 0. The van der Waals surface area contributed by atoms with Crippen molar-refractivity contribution in [2.45, 2.75) is 33.3 Å². The van der Waals surface area contributed by atoms with Gasteiger partial charge in [-0.3, -0.25) is 4.79 Å². The van der Waals surface area contributed by atoms with Crippen LogP contribution in [0.3, 0.4) is 0 Å². The lowest BCUT2D eigenvalue weighted by molar-refractivity contribution is -0.143. The van der Waals surface area contributed by atoms with Gasteiger partial charge < -0.3 is 4.74 Å². The summed E-state index contributed by atoms with van der Waals surface area (Å²) in [6, 6.07) is 16.4. The summed E-state index contributed by atoms with van der Waals surface area (Å²) in [5.41, 5.74) is 2.68. The standard InChI is InChI=1S/C21H22O3/c1-4-16(3)24-21(23)15(2)14-17-10-12-19(13-11-17)20(22)18-8-6-5-7-9-18/h5-14,16H,4H2,1-3H3/b15-14+. The Labute approximate surface area is 143 Å². The summed E-state index contributed by atoms with van der Waals surface area (Å²) in [6.45, 7) is 5.57. The van der Waals surface area contributed by atoms with Crippen molar-refractivity contribution < 1.29 is 14.3 Å². The summed E-state index contributed by atoms with van der Waals surface area (Å²) in [4.78, 5) is 24.3. The van der Waals surface area contributed by atoms with Gasteiger partial charge in [0.1, 0.15) is 0 Å². The average Bonchev–Trinajstić information content (AvgIpc) is 2.62. The van der Waals surface area contributed by atoms with E-state index in [-0.39, 0.29) is 17.9 Å². The molecule has 1 unspecified atom stereocenters. The third-order valence-corrected chi connectivity index (χ3v) is 3.80. The van der Waals surface area contributed by atoms with Crippen LogP contribution in [0.15, 0.2) is 60.2 Å². The molecule has 3 nitrogen and oxygen atoms in total. The minimum absolute atomic E-state index is 0.0148. The molecule has 0 spiro atoms. The van der Waals surface area contributed by atoms with E-state index in [1.165, 1.54) is 0 Å². The highest BCUT2D eigenvalue weighted by molar-refractivity contribution is 6.09. The Morgan fingerprint density at radius 2 is 1.58 bits per heavy atom. The maximum atomic E-state index is 12.4. The van der Waals surface area contributed by atoms with Crippen molar-refractivity contribution in [3.8, 4) is 0 Å². The van der Waals surface area contributed by atoms with Gasteiger partial charge in [-0.05, 0) is 31.9 Å². The molecule has 24 heavy (non-hydrogen) atoms. The van der Waals surface area contributed by atoms with Gasteiger partial charge in [0.25, 0.3) is 0 Å². The van der Waals surface area contributed by atoms with Crippen molar-refractivity contribution in [3.63, 3.8) is 0 Å². The van der Waals surface area contributed by atoms with Gasteiger partial charge in [0, 0.05) is 16.7 Å². The van der Waals surface area contributed by atoms with Gasteiger partial charge >= 0.3 is 5.97 Å². The van der Waals surface area contributed by atoms with E-state index in [2.05, 4.69) is 0 Å². The first-order valence-electron chi connectivity index (χ1n) is 8.10. The monoisotopic (exact) mass is 322 g/mol. The van der Waals surface area contributed by atoms with Gasteiger partial charge in [0.2, 0.25) is 0 Å². The number of hydrogen-bond acceptors (Lipinski definition) is 3. The van der Waals surface area contributed by atoms with E-state index in [4.69, 9.17) is 4.74 Å². The number of rotatable bonds is 6. The molecule has 0 radical (unpaired) electrons. The third kappa shape index (κ3) is 4.66. The highest BCUT2D eigenvalue weighted by Gasteiger charge is 2.11. The van der Waals surface area contributed by atoms with Crippen LogP contribution in [-0.4, -0.2) is 17.9 Å². The SMILES string of the molecule is CCC(C)OC(=O)/C(C)=C/c1ccc(C(=O)c2ccccc2)cc1. The summed E-state index contributed by atoms with van der Waals surface area (Å²) >= 11 is 0. The van der Waals surface area contributed by atoms with E-state index >= 15 is 0 Å². The topological polar surface area (TPSA) is 43.4 Å². The molecule has 0 aliphatic heterocycles. The van der Waals surface area contributed by atoms with Crippen LogP contribution in [0.1, 0.15) is 48.7 Å². The summed E-state index contributed by atoms with van der Waals surface area (Å²) in [6.07, 6.45) is 2.46. The molecule has 0 N–H and O–H groups in total. The minimum Gasteiger partial charge on any atom is -0.459 e. The number of hydrogen-bond donors (Lipinski definition) is 0. The second-order valence-corrected chi connectivity index (χ2v) is 5.77. The Bertz CT molecular complexity index is 727. The van der Waals surface area contributed by atoms with Crippen LogP contribution in [0.4, 0.5) is 0 Å². The normalized spacial score (nSPS) is 12.5. The molecular formula is C21H22O3. The number of benzene rings is 2. The van der Waals surface area contributed by atoms with Crippen LogP contribution in [0.25, 0.3) is 6.08 Å². The Morgan fingerprint density at radius 3 is 2.17 bits per heavy atom. The molecule has 0 saturated carbocycles. The zero-order valence-electron chi connectivity index (χ0n) is 14.3. The number of carbonyl (C=O) groups excluding carboxylic acids is 2. The summed E-state index contributed by atoms with van der Waals surface area (Å²) in [5, 5.41) is 0. The molecule has 0 heterocycles. The Morgan fingerprint density at radius 1 is 1.00 bits per heavy atom. The first kappa shape index (κ1) is 17.7. The van der Waals surface area contributed by atoms with Gasteiger partial charge in [-0.2, -0.15) is 0 Å². The second-order valence-electron chi connectivity index (χ2n) is 5.77. The maximum absolute atomic E-state index is 12.4. The fraction of sp³-hybridized carbons (Fsp3) is 0.238. The highest BCUT2D eigenvalue weighted by Crippen LogP contribution is 2.14. The third-order valence-electron chi connectivity index (χ3n) is 3.80. The van der Waals surface area contributed by atoms with E-state index in [1.54, 1.807) is 37.3 Å². The maximum Gasteiger partial charge on any atom is 0.333 e. The van der Waals surface area contributed by atoms with Crippen LogP contribution in [0.5, 0.6) is 0 Å². The molecule has 0 amide bonds. The van der Waals surface area contributed by atoms with Crippen LogP contribution >= 0.6 is 0 Å². The number of esters is 1. The molecule has 1 atom stereocenters. The molecule has 3 heteroatoms. The lowest BCUT2D eigenvalue weighted by Gasteiger charge is -2.10. The molecule has 124 valence electrons. The smallest absolute Gasteiger partial charge is 0.333 e. The zero-order valence-corrected chi connectivity index (χ0v) is 14.3. The van der Waals surface area contributed by atoms with Crippen molar-refractivity contribution in [2.24, 2.45) is 0 Å². The second kappa shape index (κ2) is 8.25. The fourth-order valence-electron chi connectivity index (χ4n) is 2.15. The molecule has 0 saturated heterocycles. The Balaban J connectivity index is 2.10. The minimum atomic E-state index is -0.311. The molecule has 2 aromatic rings. The van der Waals surface area contributed by atoms with E-state index in [1.807, 2.05) is 44.2 Å². The first-order chi connectivity index (χ1) is 11.5. The summed E-state index contributed by atoms with van der Waals surface area (Å²) < 4.78 is 5.29. The number of ketones is 1. The molecule has 2 rings (SSSR count). The van der Waals surface area contributed by atoms with Crippen LogP contribution in [0.2, 0.25) is 0 Å². The van der Waals surface area contributed by atoms with Gasteiger partial charge in [-0.1, -0.05) is 61.5 Å². The van der Waals surface area contributed by atoms with E-state index in [0.29, 0.717) is 16.7 Å². The fourth-order valence-corrected chi connectivity index (χ4v) is 2.15. The lowest BCUT2D eigenvalue weighted by Crippen LogP contribution is -2.14. The van der Waals surface area contributed by atoms with Crippen LogP contribution in [-0.2, 0) is 9.53 Å². The van der Waals surface area contributed by atoms with E-state index < -0.39 is 0 Å². The predicted octanol–water partition coefficient (Wildman–Crippen LogP) is 4.66. The molecule has 2 aromatic carbocycles. The van der Waals surface area contributed by atoms with Gasteiger partial charge in [-0.15, -0.1) is 0 Å². The average molecular weight is 322 g/mol. The molecule has 0 bridgehead atoms. The first-order valence-corrected chi connectivity index (χ1v) is 8.10. The number of carbonyl (C=O) groups is 2. The largest absolute Gasteiger partial charge is 0.459 e. The van der Waals surface area contributed by atoms with Gasteiger partial charge in [0.05, 0.1) is 6.10 Å².